The van der Waals surface area contributed by atoms with Gasteiger partial charge in [-0.05, 0) is 30.3 Å². The summed E-state index contributed by atoms with van der Waals surface area (Å²) in [5, 5.41) is 0.244. The predicted octanol–water partition coefficient (Wildman–Crippen LogP) is 4.29. The quantitative estimate of drug-likeness (QED) is 0.777. The lowest BCUT2D eigenvalue weighted by atomic mass is 10.0. The first-order chi connectivity index (χ1) is 8.13. The van der Waals surface area contributed by atoms with Gasteiger partial charge in [-0.15, -0.1) is 0 Å². The first-order valence-electron chi connectivity index (χ1n) is 4.91. The van der Waals surface area contributed by atoms with Crippen LogP contribution in [0.4, 0.5) is 8.78 Å². The number of halogens is 3. The molecule has 0 saturated carbocycles. The zero-order valence-corrected chi connectivity index (χ0v) is 9.76. The van der Waals surface area contributed by atoms with Crippen molar-refractivity contribution in [3.63, 3.8) is 0 Å². The summed E-state index contributed by atoms with van der Waals surface area (Å²) in [5.41, 5.74) is 0.184. The van der Waals surface area contributed by atoms with E-state index in [4.69, 9.17) is 16.3 Å². The lowest BCUT2D eigenvalue weighted by molar-refractivity contribution is 0.415. The first-order valence-corrected chi connectivity index (χ1v) is 5.29. The average Bonchev–Trinajstić information content (AvgIpc) is 2.30. The summed E-state index contributed by atoms with van der Waals surface area (Å²) in [7, 11) is 1.50. The van der Waals surface area contributed by atoms with Gasteiger partial charge in [-0.25, -0.2) is 8.78 Å². The highest BCUT2D eigenvalue weighted by atomic mass is 35.5. The van der Waals surface area contributed by atoms with E-state index in [9.17, 15) is 8.78 Å². The van der Waals surface area contributed by atoms with Crippen molar-refractivity contribution in [1.29, 1.82) is 0 Å². The molecule has 0 N–H and O–H groups in total. The third-order valence-corrected chi connectivity index (χ3v) is 2.72. The van der Waals surface area contributed by atoms with Gasteiger partial charge in [0.05, 0.1) is 17.7 Å². The molecule has 0 aliphatic carbocycles. The van der Waals surface area contributed by atoms with E-state index in [1.54, 1.807) is 6.07 Å². The lowest BCUT2D eigenvalue weighted by Crippen LogP contribution is -1.91. The second kappa shape index (κ2) is 4.72. The standard InChI is InChI=1S/C13H9ClF2O/c1-17-8-5-6-9(10(14)7-8)13-11(15)3-2-4-12(13)16/h2-7H,1H3. The number of methoxy groups -OCH3 is 1. The first kappa shape index (κ1) is 11.9. The van der Waals surface area contributed by atoms with E-state index in [0.29, 0.717) is 11.3 Å². The molecule has 0 aliphatic rings. The molecule has 88 valence electrons. The summed E-state index contributed by atoms with van der Waals surface area (Å²) >= 11 is 5.97. The molecule has 17 heavy (non-hydrogen) atoms. The summed E-state index contributed by atoms with van der Waals surface area (Å²) in [6.07, 6.45) is 0. The van der Waals surface area contributed by atoms with Gasteiger partial charge < -0.3 is 4.74 Å². The molecule has 0 heterocycles. The maximum atomic E-state index is 13.6. The molecule has 0 fully saturated rings. The summed E-state index contributed by atoms with van der Waals surface area (Å²) in [5.74, 6) is -0.746. The van der Waals surface area contributed by atoms with E-state index in [-0.39, 0.29) is 10.6 Å². The highest BCUT2D eigenvalue weighted by molar-refractivity contribution is 6.33. The molecule has 0 spiro atoms. The van der Waals surface area contributed by atoms with Gasteiger partial charge in [0.1, 0.15) is 17.4 Å². The molecule has 2 aromatic rings. The number of ether oxygens (including phenoxy) is 1. The van der Waals surface area contributed by atoms with Gasteiger partial charge >= 0.3 is 0 Å². The fourth-order valence-electron chi connectivity index (χ4n) is 1.58. The van der Waals surface area contributed by atoms with Crippen molar-refractivity contribution >= 4 is 11.6 Å². The van der Waals surface area contributed by atoms with E-state index in [2.05, 4.69) is 0 Å². The van der Waals surface area contributed by atoms with Crippen molar-refractivity contribution in [2.45, 2.75) is 0 Å². The van der Waals surface area contributed by atoms with Crippen LogP contribution < -0.4 is 4.74 Å². The average molecular weight is 255 g/mol. The second-order valence-electron chi connectivity index (χ2n) is 3.44. The minimum absolute atomic E-state index is 0.125. The van der Waals surface area contributed by atoms with E-state index in [1.165, 1.54) is 37.4 Å². The van der Waals surface area contributed by atoms with E-state index in [0.717, 1.165) is 0 Å². The highest BCUT2D eigenvalue weighted by Crippen LogP contribution is 2.34. The number of hydrogen-bond donors (Lipinski definition) is 0. The predicted molar refractivity (Wildman–Crippen MR) is 63.4 cm³/mol. The summed E-state index contributed by atoms with van der Waals surface area (Å²) in [6.45, 7) is 0. The van der Waals surface area contributed by atoms with Crippen LogP contribution in [0.25, 0.3) is 11.1 Å². The van der Waals surface area contributed by atoms with Gasteiger partial charge in [0, 0.05) is 5.56 Å². The molecule has 2 aromatic carbocycles. The molecule has 0 atom stereocenters. The molecule has 0 saturated heterocycles. The highest BCUT2D eigenvalue weighted by Gasteiger charge is 2.14. The third kappa shape index (κ3) is 2.24. The molecule has 0 unspecified atom stereocenters. The Bertz CT molecular complexity index is 535. The Kier molecular flexibility index (Phi) is 3.29. The third-order valence-electron chi connectivity index (χ3n) is 2.41. The number of benzene rings is 2. The van der Waals surface area contributed by atoms with E-state index < -0.39 is 11.6 Å². The van der Waals surface area contributed by atoms with E-state index >= 15 is 0 Å². The molecule has 0 bridgehead atoms. The van der Waals surface area contributed by atoms with Gasteiger partial charge in [0.2, 0.25) is 0 Å². The largest absolute Gasteiger partial charge is 0.497 e. The van der Waals surface area contributed by atoms with Crippen LogP contribution in [0.15, 0.2) is 36.4 Å². The minimum Gasteiger partial charge on any atom is -0.497 e. The maximum Gasteiger partial charge on any atom is 0.134 e. The van der Waals surface area contributed by atoms with Crippen LogP contribution >= 0.6 is 11.6 Å². The summed E-state index contributed by atoms with van der Waals surface area (Å²) in [6, 6.07) is 8.35. The van der Waals surface area contributed by atoms with Gasteiger partial charge in [0.25, 0.3) is 0 Å². The van der Waals surface area contributed by atoms with Gasteiger partial charge in [-0.1, -0.05) is 17.7 Å². The fraction of sp³-hybridized carbons (Fsp3) is 0.0769. The normalized spacial score (nSPS) is 10.4. The Morgan fingerprint density at radius 2 is 1.71 bits per heavy atom. The Morgan fingerprint density at radius 3 is 2.24 bits per heavy atom. The molecule has 0 aliphatic heterocycles. The zero-order chi connectivity index (χ0) is 12.4. The molecule has 0 aromatic heterocycles. The van der Waals surface area contributed by atoms with E-state index in [1.807, 2.05) is 0 Å². The van der Waals surface area contributed by atoms with Crippen LogP contribution in [0.3, 0.4) is 0 Å². The van der Waals surface area contributed by atoms with Gasteiger partial charge in [-0.3, -0.25) is 0 Å². The van der Waals surface area contributed by atoms with Crippen LogP contribution in [0, 0.1) is 11.6 Å². The van der Waals surface area contributed by atoms with Crippen LogP contribution in [-0.4, -0.2) is 7.11 Å². The number of hydrogen-bond acceptors (Lipinski definition) is 1. The van der Waals surface area contributed by atoms with Crippen LogP contribution in [0.2, 0.25) is 5.02 Å². The molecular formula is C13H9ClF2O. The van der Waals surface area contributed by atoms with Crippen molar-refractivity contribution in [2.75, 3.05) is 7.11 Å². The van der Waals surface area contributed by atoms with Crippen LogP contribution in [0.5, 0.6) is 5.75 Å². The number of rotatable bonds is 2. The summed E-state index contributed by atoms with van der Waals surface area (Å²) < 4.78 is 32.1. The van der Waals surface area contributed by atoms with Gasteiger partial charge in [-0.2, -0.15) is 0 Å². The Labute approximate surface area is 103 Å². The smallest absolute Gasteiger partial charge is 0.134 e. The molecule has 1 nitrogen and oxygen atoms in total. The second-order valence-corrected chi connectivity index (χ2v) is 3.85. The van der Waals surface area contributed by atoms with Crippen molar-refractivity contribution in [3.05, 3.63) is 53.1 Å². The Morgan fingerprint density at radius 1 is 1.06 bits per heavy atom. The summed E-state index contributed by atoms with van der Waals surface area (Å²) in [4.78, 5) is 0. The SMILES string of the molecule is COc1ccc(-c2c(F)cccc2F)c(Cl)c1. The van der Waals surface area contributed by atoms with Crippen molar-refractivity contribution in [1.82, 2.24) is 0 Å². The molecule has 0 radical (unpaired) electrons. The monoisotopic (exact) mass is 254 g/mol. The van der Waals surface area contributed by atoms with Crippen LogP contribution in [0.1, 0.15) is 0 Å². The van der Waals surface area contributed by atoms with Crippen molar-refractivity contribution < 1.29 is 13.5 Å². The molecule has 2 rings (SSSR count). The Balaban J connectivity index is 2.61. The lowest BCUT2D eigenvalue weighted by Gasteiger charge is -2.08. The Hall–Kier alpha value is -1.61. The minimum atomic E-state index is -0.642. The molecular weight excluding hydrogens is 246 g/mol. The molecule has 4 heteroatoms. The van der Waals surface area contributed by atoms with Crippen molar-refractivity contribution in [3.8, 4) is 16.9 Å². The van der Waals surface area contributed by atoms with Gasteiger partial charge in [0.15, 0.2) is 0 Å². The zero-order valence-electron chi connectivity index (χ0n) is 9.01. The topological polar surface area (TPSA) is 9.23 Å². The van der Waals surface area contributed by atoms with Crippen molar-refractivity contribution in [2.24, 2.45) is 0 Å². The van der Waals surface area contributed by atoms with Crippen LogP contribution in [-0.2, 0) is 0 Å². The fourth-order valence-corrected chi connectivity index (χ4v) is 1.85. The molecule has 0 amide bonds. The maximum absolute atomic E-state index is 13.6.